The van der Waals surface area contributed by atoms with Crippen LogP contribution >= 0.6 is 0 Å². The molecule has 2 aromatic carbocycles. The van der Waals surface area contributed by atoms with Crippen LogP contribution in [0.25, 0.3) is 0 Å². The molecule has 2 aromatic rings. The molecule has 0 aromatic heterocycles. The lowest BCUT2D eigenvalue weighted by Crippen LogP contribution is -2.16. The van der Waals surface area contributed by atoms with Gasteiger partial charge in [0, 0.05) is 11.8 Å². The van der Waals surface area contributed by atoms with Crippen molar-refractivity contribution in [1.29, 1.82) is 0 Å². The second-order valence-corrected chi connectivity index (χ2v) is 5.00. The van der Waals surface area contributed by atoms with Crippen LogP contribution in [0.15, 0.2) is 42.5 Å². The Bertz CT molecular complexity index is 673. The van der Waals surface area contributed by atoms with Crippen molar-refractivity contribution in [3.05, 3.63) is 59.4 Å². The fourth-order valence-electron chi connectivity index (χ4n) is 2.07. The van der Waals surface area contributed by atoms with Gasteiger partial charge >= 0.3 is 0 Å². The summed E-state index contributed by atoms with van der Waals surface area (Å²) in [5.74, 6) is -0.166. The molecular weight excluding hydrogens is 285 g/mol. The predicted molar refractivity (Wildman–Crippen MR) is 82.3 cm³/mol. The van der Waals surface area contributed by atoms with E-state index in [0.717, 1.165) is 5.56 Å². The van der Waals surface area contributed by atoms with E-state index in [1.165, 1.54) is 18.2 Å². The Morgan fingerprint density at radius 3 is 2.77 bits per heavy atom. The highest BCUT2D eigenvalue weighted by Crippen LogP contribution is 2.23. The Morgan fingerprint density at radius 1 is 1.32 bits per heavy atom. The number of carbonyl (C=O) groups is 1. The highest BCUT2D eigenvalue weighted by molar-refractivity contribution is 5.92. The van der Waals surface area contributed by atoms with Crippen LogP contribution in [0.4, 0.5) is 10.1 Å². The van der Waals surface area contributed by atoms with Gasteiger partial charge in [-0.05, 0) is 36.2 Å². The smallest absolute Gasteiger partial charge is 0.227 e. The number of nitrogens with one attached hydrogen (secondary N) is 1. The molecule has 0 radical (unpaired) electrons. The lowest BCUT2D eigenvalue weighted by atomic mass is 10.1. The van der Waals surface area contributed by atoms with E-state index >= 15 is 0 Å². The average Bonchev–Trinajstić information content (AvgIpc) is 2.49. The minimum atomic E-state index is -1.05. The standard InChI is InChI=1S/C17H18FNO3/c1-11-6-7-14(22-2)9-15(11)19-17(21)10-16(20)12-4-3-5-13(18)8-12/h3-9,16,20H,10H2,1-2H3,(H,19,21). The molecule has 0 aliphatic heterocycles. The lowest BCUT2D eigenvalue weighted by Gasteiger charge is -2.13. The molecule has 4 nitrogen and oxygen atoms in total. The zero-order chi connectivity index (χ0) is 16.1. The van der Waals surface area contributed by atoms with Gasteiger partial charge in [-0.1, -0.05) is 18.2 Å². The van der Waals surface area contributed by atoms with Crippen LogP contribution in [0.5, 0.6) is 5.75 Å². The summed E-state index contributed by atoms with van der Waals surface area (Å²) >= 11 is 0. The van der Waals surface area contributed by atoms with Crippen molar-refractivity contribution in [2.45, 2.75) is 19.4 Å². The first-order valence-corrected chi connectivity index (χ1v) is 6.87. The number of hydrogen-bond acceptors (Lipinski definition) is 3. The molecule has 2 rings (SSSR count). The number of aliphatic hydroxyl groups excluding tert-OH is 1. The van der Waals surface area contributed by atoms with E-state index in [-0.39, 0.29) is 12.3 Å². The van der Waals surface area contributed by atoms with E-state index in [4.69, 9.17) is 4.74 Å². The topological polar surface area (TPSA) is 58.6 Å². The maximum atomic E-state index is 13.1. The van der Waals surface area contributed by atoms with Gasteiger partial charge in [0.25, 0.3) is 0 Å². The van der Waals surface area contributed by atoms with Crippen LogP contribution in [0.3, 0.4) is 0 Å². The average molecular weight is 303 g/mol. The molecule has 1 amide bonds. The summed E-state index contributed by atoms with van der Waals surface area (Å²) in [6, 6.07) is 10.9. The third kappa shape index (κ3) is 4.05. The summed E-state index contributed by atoms with van der Waals surface area (Å²) < 4.78 is 18.2. The Morgan fingerprint density at radius 2 is 2.09 bits per heavy atom. The zero-order valence-corrected chi connectivity index (χ0v) is 12.5. The van der Waals surface area contributed by atoms with Gasteiger partial charge in [0.1, 0.15) is 11.6 Å². The minimum absolute atomic E-state index is 0.153. The van der Waals surface area contributed by atoms with E-state index in [2.05, 4.69) is 5.32 Å². The van der Waals surface area contributed by atoms with Gasteiger partial charge in [-0.15, -0.1) is 0 Å². The largest absolute Gasteiger partial charge is 0.497 e. The Kier molecular flexibility index (Phi) is 5.12. The second-order valence-electron chi connectivity index (χ2n) is 5.00. The Labute approximate surface area is 128 Å². The summed E-state index contributed by atoms with van der Waals surface area (Å²) in [5.41, 5.74) is 1.88. The maximum absolute atomic E-state index is 13.1. The second kappa shape index (κ2) is 7.04. The van der Waals surface area contributed by atoms with Gasteiger partial charge in [0.2, 0.25) is 5.91 Å². The van der Waals surface area contributed by atoms with Crippen LogP contribution in [0, 0.1) is 12.7 Å². The predicted octanol–water partition coefficient (Wildman–Crippen LogP) is 3.20. The van der Waals surface area contributed by atoms with Crippen molar-refractivity contribution in [3.63, 3.8) is 0 Å². The fraction of sp³-hybridized carbons (Fsp3) is 0.235. The number of ether oxygens (including phenoxy) is 1. The van der Waals surface area contributed by atoms with Gasteiger partial charge in [-0.25, -0.2) is 4.39 Å². The summed E-state index contributed by atoms with van der Waals surface area (Å²) in [6.45, 7) is 1.86. The number of amides is 1. The molecule has 116 valence electrons. The molecule has 0 saturated heterocycles. The van der Waals surface area contributed by atoms with Crippen molar-refractivity contribution in [2.24, 2.45) is 0 Å². The van der Waals surface area contributed by atoms with Crippen LogP contribution in [0.1, 0.15) is 23.7 Å². The molecule has 0 saturated carbocycles. The maximum Gasteiger partial charge on any atom is 0.227 e. The van der Waals surface area contributed by atoms with Crippen LogP contribution in [-0.4, -0.2) is 18.1 Å². The Balaban J connectivity index is 2.04. The van der Waals surface area contributed by atoms with E-state index < -0.39 is 11.9 Å². The van der Waals surface area contributed by atoms with E-state index in [9.17, 15) is 14.3 Å². The molecule has 0 fully saturated rings. The molecular formula is C17H18FNO3. The van der Waals surface area contributed by atoms with E-state index in [1.54, 1.807) is 25.3 Å². The molecule has 0 heterocycles. The monoisotopic (exact) mass is 303 g/mol. The van der Waals surface area contributed by atoms with Gasteiger partial charge < -0.3 is 15.2 Å². The summed E-state index contributed by atoms with van der Waals surface area (Å²) in [6.07, 6.45) is -1.21. The van der Waals surface area contributed by atoms with Crippen molar-refractivity contribution in [2.75, 3.05) is 12.4 Å². The molecule has 2 N–H and O–H groups in total. The number of halogens is 1. The zero-order valence-electron chi connectivity index (χ0n) is 12.5. The SMILES string of the molecule is COc1ccc(C)c(NC(=O)CC(O)c2cccc(F)c2)c1. The van der Waals surface area contributed by atoms with Crippen LogP contribution in [-0.2, 0) is 4.79 Å². The number of anilines is 1. The fourth-order valence-corrected chi connectivity index (χ4v) is 2.07. The third-order valence-electron chi connectivity index (χ3n) is 3.33. The number of aryl methyl sites for hydroxylation is 1. The van der Waals surface area contributed by atoms with Gasteiger partial charge in [-0.3, -0.25) is 4.79 Å². The first kappa shape index (κ1) is 16.0. The van der Waals surface area contributed by atoms with Crippen LogP contribution in [0.2, 0.25) is 0 Å². The number of benzene rings is 2. The molecule has 0 bridgehead atoms. The number of aliphatic hydroxyl groups is 1. The number of methoxy groups -OCH3 is 1. The number of carbonyl (C=O) groups excluding carboxylic acids is 1. The quantitative estimate of drug-likeness (QED) is 0.891. The lowest BCUT2D eigenvalue weighted by molar-refractivity contribution is -0.118. The highest BCUT2D eigenvalue weighted by atomic mass is 19.1. The molecule has 0 spiro atoms. The van der Waals surface area contributed by atoms with Crippen molar-refractivity contribution < 1.29 is 19.0 Å². The summed E-state index contributed by atoms with van der Waals surface area (Å²) in [4.78, 5) is 12.0. The normalized spacial score (nSPS) is 11.8. The first-order valence-electron chi connectivity index (χ1n) is 6.87. The van der Waals surface area contributed by atoms with Crippen molar-refractivity contribution >= 4 is 11.6 Å². The highest BCUT2D eigenvalue weighted by Gasteiger charge is 2.14. The summed E-state index contributed by atoms with van der Waals surface area (Å²) in [7, 11) is 1.55. The molecule has 5 heteroatoms. The molecule has 0 aliphatic rings. The first-order chi connectivity index (χ1) is 10.5. The third-order valence-corrected chi connectivity index (χ3v) is 3.33. The van der Waals surface area contributed by atoms with Gasteiger partial charge in [0.15, 0.2) is 0 Å². The van der Waals surface area contributed by atoms with Crippen molar-refractivity contribution in [3.8, 4) is 5.75 Å². The minimum Gasteiger partial charge on any atom is -0.497 e. The van der Waals surface area contributed by atoms with E-state index in [1.807, 2.05) is 13.0 Å². The Hall–Kier alpha value is -2.40. The van der Waals surface area contributed by atoms with Gasteiger partial charge in [0.05, 0.1) is 19.6 Å². The molecule has 1 unspecified atom stereocenters. The van der Waals surface area contributed by atoms with E-state index in [0.29, 0.717) is 17.0 Å². The molecule has 22 heavy (non-hydrogen) atoms. The molecule has 0 aliphatic carbocycles. The number of rotatable bonds is 5. The van der Waals surface area contributed by atoms with Crippen molar-refractivity contribution in [1.82, 2.24) is 0 Å². The van der Waals surface area contributed by atoms with Crippen LogP contribution < -0.4 is 10.1 Å². The molecule has 1 atom stereocenters. The summed E-state index contributed by atoms with van der Waals surface area (Å²) in [5, 5.41) is 12.7. The number of hydrogen-bond donors (Lipinski definition) is 2. The van der Waals surface area contributed by atoms with Gasteiger partial charge in [-0.2, -0.15) is 0 Å².